The molecular weight excluding hydrogens is 204 g/mol. The molecule has 1 aromatic carbocycles. The van der Waals surface area contributed by atoms with Crippen LogP contribution in [0.4, 0.5) is 0 Å². The largest absolute Gasteiger partial charge is 0.497 e. The van der Waals surface area contributed by atoms with Crippen molar-refractivity contribution in [2.45, 2.75) is 6.42 Å². The number of aromatic nitrogens is 1. The molecule has 0 bridgehead atoms. The van der Waals surface area contributed by atoms with Gasteiger partial charge in [-0.25, -0.2) is 4.98 Å². The molecule has 1 aromatic heterocycles. The van der Waals surface area contributed by atoms with Crippen LogP contribution in [0.5, 0.6) is 5.75 Å². The minimum absolute atomic E-state index is 0.544. The molecule has 0 amide bonds. The third kappa shape index (κ3) is 2.23. The van der Waals surface area contributed by atoms with Gasteiger partial charge in [-0.05, 0) is 24.3 Å². The van der Waals surface area contributed by atoms with E-state index in [0.29, 0.717) is 18.9 Å². The fourth-order valence-electron chi connectivity index (χ4n) is 1.44. The van der Waals surface area contributed by atoms with E-state index >= 15 is 0 Å². The molecule has 16 heavy (non-hydrogen) atoms. The van der Waals surface area contributed by atoms with E-state index in [0.717, 1.165) is 17.0 Å². The van der Waals surface area contributed by atoms with E-state index in [-0.39, 0.29) is 0 Å². The maximum Gasteiger partial charge on any atom is 0.195 e. The van der Waals surface area contributed by atoms with Gasteiger partial charge in [0.1, 0.15) is 17.7 Å². The Bertz CT molecular complexity index is 448. The molecule has 4 heteroatoms. The van der Waals surface area contributed by atoms with Crippen LogP contribution in [0, 0.1) is 0 Å². The van der Waals surface area contributed by atoms with Gasteiger partial charge in [-0.2, -0.15) is 0 Å². The summed E-state index contributed by atoms with van der Waals surface area (Å²) in [6, 6.07) is 7.69. The summed E-state index contributed by atoms with van der Waals surface area (Å²) < 4.78 is 10.4. The zero-order valence-corrected chi connectivity index (χ0v) is 9.14. The second-order valence-electron chi connectivity index (χ2n) is 3.39. The van der Waals surface area contributed by atoms with E-state index in [4.69, 9.17) is 14.9 Å². The Hall–Kier alpha value is -1.81. The van der Waals surface area contributed by atoms with Crippen molar-refractivity contribution in [3.63, 3.8) is 0 Å². The van der Waals surface area contributed by atoms with E-state index in [9.17, 15) is 0 Å². The Morgan fingerprint density at radius 1 is 1.31 bits per heavy atom. The molecule has 0 saturated heterocycles. The smallest absolute Gasteiger partial charge is 0.195 e. The van der Waals surface area contributed by atoms with E-state index in [2.05, 4.69) is 4.98 Å². The molecule has 0 atom stereocenters. The number of ether oxygens (including phenoxy) is 1. The second kappa shape index (κ2) is 4.81. The van der Waals surface area contributed by atoms with Gasteiger partial charge in [0.25, 0.3) is 0 Å². The van der Waals surface area contributed by atoms with Crippen LogP contribution in [-0.2, 0) is 6.42 Å². The van der Waals surface area contributed by atoms with Crippen LogP contribution in [0.25, 0.3) is 11.3 Å². The first-order valence-corrected chi connectivity index (χ1v) is 5.12. The van der Waals surface area contributed by atoms with Gasteiger partial charge in [0.2, 0.25) is 0 Å². The molecule has 0 fully saturated rings. The summed E-state index contributed by atoms with van der Waals surface area (Å²) in [7, 11) is 1.64. The standard InChI is InChI=1S/C12H14N2O2/c1-15-10-4-2-9(3-5-10)11-8-16-12(14-11)6-7-13/h2-5,8H,6-7,13H2,1H3. The zero-order chi connectivity index (χ0) is 11.4. The third-order valence-corrected chi connectivity index (χ3v) is 2.30. The molecular formula is C12H14N2O2. The van der Waals surface area contributed by atoms with Crippen LogP contribution < -0.4 is 10.5 Å². The van der Waals surface area contributed by atoms with Gasteiger partial charge in [0.15, 0.2) is 5.89 Å². The topological polar surface area (TPSA) is 61.3 Å². The molecule has 0 aliphatic heterocycles. The number of nitrogens with two attached hydrogens (primary N) is 1. The van der Waals surface area contributed by atoms with E-state index < -0.39 is 0 Å². The highest BCUT2D eigenvalue weighted by atomic mass is 16.5. The lowest BCUT2D eigenvalue weighted by molar-refractivity contribution is 0.415. The highest BCUT2D eigenvalue weighted by Gasteiger charge is 2.05. The quantitative estimate of drug-likeness (QED) is 0.850. The van der Waals surface area contributed by atoms with Crippen molar-refractivity contribution in [1.82, 2.24) is 4.98 Å². The van der Waals surface area contributed by atoms with Gasteiger partial charge < -0.3 is 14.9 Å². The fourth-order valence-corrected chi connectivity index (χ4v) is 1.44. The molecule has 0 radical (unpaired) electrons. The normalized spacial score (nSPS) is 10.4. The SMILES string of the molecule is COc1ccc(-c2coc(CCN)n2)cc1. The van der Waals surface area contributed by atoms with Crippen molar-refractivity contribution in [3.05, 3.63) is 36.4 Å². The maximum absolute atomic E-state index is 5.43. The first-order chi connectivity index (χ1) is 7.83. The Balaban J connectivity index is 2.21. The van der Waals surface area contributed by atoms with Crippen LogP contribution in [-0.4, -0.2) is 18.6 Å². The van der Waals surface area contributed by atoms with Crippen molar-refractivity contribution < 1.29 is 9.15 Å². The zero-order valence-electron chi connectivity index (χ0n) is 9.14. The van der Waals surface area contributed by atoms with Crippen molar-refractivity contribution >= 4 is 0 Å². The number of benzene rings is 1. The number of methoxy groups -OCH3 is 1. The van der Waals surface area contributed by atoms with Crippen LogP contribution in [0.2, 0.25) is 0 Å². The van der Waals surface area contributed by atoms with Crippen molar-refractivity contribution in [2.75, 3.05) is 13.7 Å². The minimum Gasteiger partial charge on any atom is -0.497 e. The Kier molecular flexibility index (Phi) is 3.22. The summed E-state index contributed by atoms with van der Waals surface area (Å²) in [5, 5.41) is 0. The molecule has 0 aliphatic carbocycles. The summed E-state index contributed by atoms with van der Waals surface area (Å²) in [4.78, 5) is 4.34. The Morgan fingerprint density at radius 3 is 2.69 bits per heavy atom. The van der Waals surface area contributed by atoms with Gasteiger partial charge >= 0.3 is 0 Å². The molecule has 0 spiro atoms. The predicted molar refractivity (Wildman–Crippen MR) is 61.2 cm³/mol. The predicted octanol–water partition coefficient (Wildman–Crippen LogP) is 1.85. The number of rotatable bonds is 4. The van der Waals surface area contributed by atoms with Gasteiger partial charge in [-0.1, -0.05) is 0 Å². The number of hydrogen-bond acceptors (Lipinski definition) is 4. The highest BCUT2D eigenvalue weighted by Crippen LogP contribution is 2.21. The summed E-state index contributed by atoms with van der Waals surface area (Å²) in [6.07, 6.45) is 2.31. The van der Waals surface area contributed by atoms with Crippen LogP contribution in [0.1, 0.15) is 5.89 Å². The summed E-state index contributed by atoms with van der Waals surface area (Å²) in [5.74, 6) is 1.50. The molecule has 0 saturated carbocycles. The monoisotopic (exact) mass is 218 g/mol. The van der Waals surface area contributed by atoms with E-state index in [1.165, 1.54) is 0 Å². The first-order valence-electron chi connectivity index (χ1n) is 5.12. The number of hydrogen-bond donors (Lipinski definition) is 1. The minimum atomic E-state index is 0.544. The highest BCUT2D eigenvalue weighted by molar-refractivity contribution is 5.58. The van der Waals surface area contributed by atoms with E-state index in [1.807, 2.05) is 24.3 Å². The summed E-state index contributed by atoms with van der Waals surface area (Å²) in [6.45, 7) is 0.544. The lowest BCUT2D eigenvalue weighted by Gasteiger charge is -1.99. The lowest BCUT2D eigenvalue weighted by atomic mass is 10.2. The van der Waals surface area contributed by atoms with Crippen molar-refractivity contribution in [3.8, 4) is 17.0 Å². The van der Waals surface area contributed by atoms with Gasteiger partial charge in [0.05, 0.1) is 7.11 Å². The molecule has 0 unspecified atom stereocenters. The average molecular weight is 218 g/mol. The molecule has 2 aromatic rings. The fraction of sp³-hybridized carbons (Fsp3) is 0.250. The van der Waals surface area contributed by atoms with E-state index in [1.54, 1.807) is 13.4 Å². The van der Waals surface area contributed by atoms with Crippen molar-refractivity contribution in [1.29, 1.82) is 0 Å². The van der Waals surface area contributed by atoms with Gasteiger partial charge in [-0.3, -0.25) is 0 Å². The van der Waals surface area contributed by atoms with Gasteiger partial charge in [0, 0.05) is 18.5 Å². The molecule has 1 heterocycles. The average Bonchev–Trinajstić information content (AvgIpc) is 2.78. The van der Waals surface area contributed by atoms with Crippen LogP contribution in [0.3, 0.4) is 0 Å². The molecule has 2 N–H and O–H groups in total. The second-order valence-corrected chi connectivity index (χ2v) is 3.39. The number of nitrogens with zero attached hydrogens (tertiary/aromatic N) is 1. The maximum atomic E-state index is 5.43. The molecule has 4 nitrogen and oxygen atoms in total. The van der Waals surface area contributed by atoms with Crippen molar-refractivity contribution in [2.24, 2.45) is 5.73 Å². The third-order valence-electron chi connectivity index (χ3n) is 2.30. The lowest BCUT2D eigenvalue weighted by Crippen LogP contribution is -2.02. The summed E-state index contributed by atoms with van der Waals surface area (Å²) in [5.41, 5.74) is 7.26. The Labute approximate surface area is 94.1 Å². The molecule has 2 rings (SSSR count). The van der Waals surface area contributed by atoms with Crippen LogP contribution in [0.15, 0.2) is 34.9 Å². The van der Waals surface area contributed by atoms with Gasteiger partial charge in [-0.15, -0.1) is 0 Å². The number of oxazole rings is 1. The molecule has 84 valence electrons. The van der Waals surface area contributed by atoms with Crippen LogP contribution >= 0.6 is 0 Å². The molecule has 0 aliphatic rings. The Morgan fingerprint density at radius 2 is 2.06 bits per heavy atom. The summed E-state index contributed by atoms with van der Waals surface area (Å²) >= 11 is 0. The first kappa shape index (κ1) is 10.7.